The van der Waals surface area contributed by atoms with E-state index in [0.717, 1.165) is 16.1 Å². The van der Waals surface area contributed by atoms with Crippen molar-refractivity contribution in [3.8, 4) is 6.07 Å². The molecule has 2 N–H and O–H groups in total. The number of nitro groups is 1. The third kappa shape index (κ3) is 5.05. The maximum Gasteiger partial charge on any atom is 0.271 e. The predicted octanol–water partition coefficient (Wildman–Crippen LogP) is 4.15. The molecule has 132 valence electrons. The summed E-state index contributed by atoms with van der Waals surface area (Å²) in [7, 11) is 0. The molecule has 0 aliphatic rings. The summed E-state index contributed by atoms with van der Waals surface area (Å²) in [6, 6.07) is 12.9. The molecule has 0 fully saturated rings. The second-order valence-electron chi connectivity index (χ2n) is 5.02. The first-order valence-corrected chi connectivity index (χ1v) is 8.42. The van der Waals surface area contributed by atoms with Crippen LogP contribution in [0, 0.1) is 21.4 Å². The fraction of sp³-hybridized carbons (Fsp3) is 0.0588. The number of carbonyl (C=O) groups is 1. The van der Waals surface area contributed by atoms with Gasteiger partial charge < -0.3 is 10.6 Å². The van der Waals surface area contributed by atoms with Crippen molar-refractivity contribution in [2.45, 2.75) is 6.54 Å². The van der Waals surface area contributed by atoms with Crippen LogP contribution in [0.1, 0.15) is 5.56 Å². The van der Waals surface area contributed by atoms with Crippen LogP contribution in [0.3, 0.4) is 0 Å². The van der Waals surface area contributed by atoms with Crippen molar-refractivity contribution < 1.29 is 9.72 Å². The smallest absolute Gasteiger partial charge is 0.271 e. The third-order valence-corrected chi connectivity index (χ3v) is 4.37. The van der Waals surface area contributed by atoms with E-state index in [1.165, 1.54) is 18.3 Å². The number of anilines is 1. The number of hydrogen-bond acceptors (Lipinski definition) is 5. The van der Waals surface area contributed by atoms with Gasteiger partial charge in [-0.3, -0.25) is 14.9 Å². The molecule has 0 aromatic heterocycles. The lowest BCUT2D eigenvalue weighted by Crippen LogP contribution is -2.17. The first-order chi connectivity index (χ1) is 12.4. The monoisotopic (exact) mass is 434 g/mol. The van der Waals surface area contributed by atoms with Crippen molar-refractivity contribution in [3.05, 3.63) is 79.4 Å². The molecule has 0 aliphatic heterocycles. The van der Waals surface area contributed by atoms with E-state index >= 15 is 0 Å². The van der Waals surface area contributed by atoms with Gasteiger partial charge in [0.1, 0.15) is 11.6 Å². The van der Waals surface area contributed by atoms with Crippen molar-refractivity contribution in [1.29, 1.82) is 5.26 Å². The maximum absolute atomic E-state index is 12.2. The molecule has 9 heteroatoms. The Balaban J connectivity index is 2.09. The Bertz CT molecular complexity index is 924. The number of amides is 1. The molecule has 0 atom stereocenters. The summed E-state index contributed by atoms with van der Waals surface area (Å²) < 4.78 is 0.896. The molecule has 26 heavy (non-hydrogen) atoms. The summed E-state index contributed by atoms with van der Waals surface area (Å²) in [6.07, 6.45) is 1.28. The molecular formula is C17H12BrClN4O3. The van der Waals surface area contributed by atoms with Gasteiger partial charge in [0, 0.05) is 29.4 Å². The molecule has 0 unspecified atom stereocenters. The third-order valence-electron chi connectivity index (χ3n) is 3.27. The summed E-state index contributed by atoms with van der Waals surface area (Å²) in [5.74, 6) is -0.727. The number of nitrogens with zero attached hydrogens (tertiary/aromatic N) is 2. The van der Waals surface area contributed by atoms with Gasteiger partial charge in [-0.15, -0.1) is 0 Å². The number of non-ortho nitro benzene ring substituents is 1. The fourth-order valence-electron chi connectivity index (χ4n) is 1.97. The van der Waals surface area contributed by atoms with E-state index in [-0.39, 0.29) is 22.0 Å². The van der Waals surface area contributed by atoms with Gasteiger partial charge in [-0.2, -0.15) is 5.26 Å². The second-order valence-corrected chi connectivity index (χ2v) is 6.28. The highest BCUT2D eigenvalue weighted by atomic mass is 79.9. The average molecular weight is 436 g/mol. The number of nitro benzene ring substituents is 1. The van der Waals surface area contributed by atoms with Crippen molar-refractivity contribution in [2.75, 3.05) is 5.32 Å². The first kappa shape index (κ1) is 19.4. The molecule has 2 aromatic rings. The Kier molecular flexibility index (Phi) is 6.72. The molecule has 0 saturated heterocycles. The Labute approximate surface area is 162 Å². The zero-order valence-corrected chi connectivity index (χ0v) is 15.5. The number of benzene rings is 2. The largest absolute Gasteiger partial charge is 0.386 e. The topological polar surface area (TPSA) is 108 Å². The molecule has 0 heterocycles. The molecular weight excluding hydrogens is 424 g/mol. The van der Waals surface area contributed by atoms with Crippen LogP contribution in [0.5, 0.6) is 0 Å². The lowest BCUT2D eigenvalue weighted by atomic mass is 10.2. The SMILES string of the molecule is N#C/C(=C/NCc1ccccc1Br)C(=O)Nc1cc([N+](=O)[O-])ccc1Cl. The standard InChI is InChI=1S/C17H12BrClN4O3/c18-14-4-2-1-3-11(14)9-21-10-12(8-20)17(24)22-16-7-13(23(25)26)5-6-15(16)19/h1-7,10,21H,9H2,(H,22,24)/b12-10-. The number of nitrogens with one attached hydrogen (secondary N) is 2. The minimum atomic E-state index is -0.727. The van der Waals surface area contributed by atoms with Crippen LogP contribution >= 0.6 is 27.5 Å². The summed E-state index contributed by atoms with van der Waals surface area (Å²) in [5.41, 5.74) is 0.583. The predicted molar refractivity (Wildman–Crippen MR) is 101 cm³/mol. The van der Waals surface area contributed by atoms with Crippen LogP contribution in [0.15, 0.2) is 58.7 Å². The normalized spacial score (nSPS) is 10.7. The molecule has 0 aliphatic carbocycles. The number of nitriles is 1. The van der Waals surface area contributed by atoms with Crippen molar-refractivity contribution >= 4 is 44.8 Å². The van der Waals surface area contributed by atoms with E-state index in [1.54, 1.807) is 6.07 Å². The van der Waals surface area contributed by atoms with Crippen LogP contribution in [0.4, 0.5) is 11.4 Å². The van der Waals surface area contributed by atoms with Gasteiger partial charge in [-0.1, -0.05) is 45.7 Å². The average Bonchev–Trinajstić information content (AvgIpc) is 2.61. The van der Waals surface area contributed by atoms with Crippen LogP contribution in [-0.2, 0) is 11.3 Å². The molecule has 2 rings (SSSR count). The van der Waals surface area contributed by atoms with E-state index in [2.05, 4.69) is 26.6 Å². The number of hydrogen-bond donors (Lipinski definition) is 2. The highest BCUT2D eigenvalue weighted by Gasteiger charge is 2.15. The highest BCUT2D eigenvalue weighted by Crippen LogP contribution is 2.27. The Hall–Kier alpha value is -2.89. The van der Waals surface area contributed by atoms with Crippen molar-refractivity contribution in [2.24, 2.45) is 0 Å². The lowest BCUT2D eigenvalue weighted by molar-refractivity contribution is -0.384. The summed E-state index contributed by atoms with van der Waals surface area (Å²) in [4.78, 5) is 22.4. The summed E-state index contributed by atoms with van der Waals surface area (Å²) in [6.45, 7) is 0.400. The number of halogens is 2. The van der Waals surface area contributed by atoms with Crippen molar-refractivity contribution in [3.63, 3.8) is 0 Å². The van der Waals surface area contributed by atoms with Gasteiger partial charge in [0.2, 0.25) is 0 Å². The molecule has 0 bridgehead atoms. The van der Waals surface area contributed by atoms with E-state index in [9.17, 15) is 14.9 Å². The van der Waals surface area contributed by atoms with Gasteiger partial charge in [0.15, 0.2) is 0 Å². The second kappa shape index (κ2) is 8.99. The van der Waals surface area contributed by atoms with Gasteiger partial charge in [-0.05, 0) is 17.7 Å². The minimum Gasteiger partial charge on any atom is -0.386 e. The fourth-order valence-corrected chi connectivity index (χ4v) is 2.56. The molecule has 0 spiro atoms. The highest BCUT2D eigenvalue weighted by molar-refractivity contribution is 9.10. The molecule has 0 saturated carbocycles. The number of carbonyl (C=O) groups excluding carboxylic acids is 1. The molecule has 7 nitrogen and oxygen atoms in total. The van der Waals surface area contributed by atoms with Crippen LogP contribution in [0.2, 0.25) is 5.02 Å². The Morgan fingerprint density at radius 1 is 1.35 bits per heavy atom. The van der Waals surface area contributed by atoms with Crippen LogP contribution < -0.4 is 10.6 Å². The van der Waals surface area contributed by atoms with E-state index in [1.807, 2.05) is 24.3 Å². The zero-order chi connectivity index (χ0) is 19.1. The van der Waals surface area contributed by atoms with Crippen molar-refractivity contribution in [1.82, 2.24) is 5.32 Å². The lowest BCUT2D eigenvalue weighted by Gasteiger charge is -2.07. The van der Waals surface area contributed by atoms with Gasteiger partial charge >= 0.3 is 0 Å². The Morgan fingerprint density at radius 3 is 2.73 bits per heavy atom. The summed E-state index contributed by atoms with van der Waals surface area (Å²) in [5, 5.41) is 25.4. The van der Waals surface area contributed by atoms with E-state index in [4.69, 9.17) is 16.9 Å². The van der Waals surface area contributed by atoms with Gasteiger partial charge in [0.25, 0.3) is 11.6 Å². The quantitative estimate of drug-likeness (QED) is 0.307. The van der Waals surface area contributed by atoms with Gasteiger partial charge in [-0.25, -0.2) is 0 Å². The zero-order valence-electron chi connectivity index (χ0n) is 13.2. The molecule has 0 radical (unpaired) electrons. The first-order valence-electron chi connectivity index (χ1n) is 7.24. The Morgan fingerprint density at radius 2 is 2.08 bits per heavy atom. The van der Waals surface area contributed by atoms with E-state index < -0.39 is 10.8 Å². The van der Waals surface area contributed by atoms with Gasteiger partial charge in [0.05, 0.1) is 15.6 Å². The van der Waals surface area contributed by atoms with Crippen LogP contribution in [-0.4, -0.2) is 10.8 Å². The summed E-state index contributed by atoms with van der Waals surface area (Å²) >= 11 is 9.34. The molecule has 2 aromatic carbocycles. The number of rotatable bonds is 6. The minimum absolute atomic E-state index is 0.0535. The van der Waals surface area contributed by atoms with E-state index in [0.29, 0.717) is 6.54 Å². The maximum atomic E-state index is 12.2. The molecule has 1 amide bonds. The van der Waals surface area contributed by atoms with Crippen LogP contribution in [0.25, 0.3) is 0 Å².